The van der Waals surface area contributed by atoms with E-state index in [-0.39, 0.29) is 0 Å². The van der Waals surface area contributed by atoms with Gasteiger partial charge in [0.05, 0.1) is 5.75 Å². The van der Waals surface area contributed by atoms with Crippen molar-refractivity contribution in [3.63, 3.8) is 0 Å². The first-order valence-electron chi connectivity index (χ1n) is 4.65. The van der Waals surface area contributed by atoms with Gasteiger partial charge in [-0.2, -0.15) is 0 Å². The Morgan fingerprint density at radius 1 is 1.50 bits per heavy atom. The summed E-state index contributed by atoms with van der Waals surface area (Å²) in [5, 5.41) is 3.46. The fourth-order valence-electron chi connectivity index (χ4n) is 1.28. The number of hydrogen-bond donors (Lipinski definition) is 1. The summed E-state index contributed by atoms with van der Waals surface area (Å²) in [4.78, 5) is 0. The minimum atomic E-state index is 0.852. The van der Waals surface area contributed by atoms with Gasteiger partial charge in [-0.25, -0.2) is 0 Å². The van der Waals surface area contributed by atoms with E-state index >= 15 is 0 Å². The molecule has 0 aromatic rings. The molecular formula is C10H17NS. The maximum Gasteiger partial charge on any atom is 0.0545 e. The largest absolute Gasteiger partial charge is 0.316 e. The highest BCUT2D eigenvalue weighted by molar-refractivity contribution is 7.99. The SMILES string of the molecule is C#CCSCCNCC1CCC1. The Morgan fingerprint density at radius 3 is 2.92 bits per heavy atom. The van der Waals surface area contributed by atoms with Gasteiger partial charge in [0, 0.05) is 12.3 Å². The molecule has 0 aromatic heterocycles. The van der Waals surface area contributed by atoms with Crippen LogP contribution in [-0.2, 0) is 0 Å². The van der Waals surface area contributed by atoms with Crippen LogP contribution in [0.3, 0.4) is 0 Å². The lowest BCUT2D eigenvalue weighted by Gasteiger charge is -2.25. The second-order valence-corrected chi connectivity index (χ2v) is 4.36. The van der Waals surface area contributed by atoms with Gasteiger partial charge in [0.15, 0.2) is 0 Å². The molecule has 0 spiro atoms. The maximum absolute atomic E-state index is 5.13. The lowest BCUT2D eigenvalue weighted by Crippen LogP contribution is -2.28. The third-order valence-electron chi connectivity index (χ3n) is 2.27. The Balaban J connectivity index is 1.74. The minimum absolute atomic E-state index is 0.852. The fourth-order valence-corrected chi connectivity index (χ4v) is 1.83. The molecule has 1 fully saturated rings. The van der Waals surface area contributed by atoms with Gasteiger partial charge < -0.3 is 5.32 Å². The average molecular weight is 183 g/mol. The molecule has 0 heterocycles. The van der Waals surface area contributed by atoms with E-state index in [9.17, 15) is 0 Å². The quantitative estimate of drug-likeness (QED) is 0.497. The molecule has 0 atom stereocenters. The summed E-state index contributed by atoms with van der Waals surface area (Å²) in [5.74, 6) is 5.60. The molecule has 0 amide bonds. The first-order chi connectivity index (χ1) is 5.93. The van der Waals surface area contributed by atoms with Crippen LogP contribution in [-0.4, -0.2) is 24.6 Å². The molecule has 2 heteroatoms. The zero-order valence-electron chi connectivity index (χ0n) is 7.51. The van der Waals surface area contributed by atoms with Gasteiger partial charge in [0.1, 0.15) is 0 Å². The molecule has 1 rings (SSSR count). The summed E-state index contributed by atoms with van der Waals surface area (Å²) in [6.07, 6.45) is 9.44. The van der Waals surface area contributed by atoms with Crippen molar-refractivity contribution in [2.24, 2.45) is 5.92 Å². The Hall–Kier alpha value is -0.130. The highest BCUT2D eigenvalue weighted by Gasteiger charge is 2.15. The molecule has 1 N–H and O–H groups in total. The lowest BCUT2D eigenvalue weighted by atomic mass is 9.85. The molecule has 1 aliphatic carbocycles. The Kier molecular flexibility index (Phi) is 5.30. The lowest BCUT2D eigenvalue weighted by molar-refractivity contribution is 0.304. The van der Waals surface area contributed by atoms with E-state index in [1.54, 1.807) is 0 Å². The zero-order chi connectivity index (χ0) is 8.65. The van der Waals surface area contributed by atoms with Crippen molar-refractivity contribution < 1.29 is 0 Å². The molecule has 68 valence electrons. The van der Waals surface area contributed by atoms with Crippen LogP contribution in [0.1, 0.15) is 19.3 Å². The number of thioether (sulfide) groups is 1. The summed E-state index contributed by atoms with van der Waals surface area (Å²) in [6, 6.07) is 0. The molecule has 1 nitrogen and oxygen atoms in total. The van der Waals surface area contributed by atoms with Gasteiger partial charge in [-0.15, -0.1) is 18.2 Å². The van der Waals surface area contributed by atoms with Gasteiger partial charge in [-0.1, -0.05) is 12.3 Å². The van der Waals surface area contributed by atoms with Crippen molar-refractivity contribution in [2.45, 2.75) is 19.3 Å². The number of terminal acetylenes is 1. The second kappa shape index (κ2) is 6.39. The van der Waals surface area contributed by atoms with E-state index in [0.717, 1.165) is 24.0 Å². The monoisotopic (exact) mass is 183 g/mol. The Bertz CT molecular complexity index is 146. The summed E-state index contributed by atoms with van der Waals surface area (Å²) < 4.78 is 0. The molecule has 1 aliphatic rings. The summed E-state index contributed by atoms with van der Waals surface area (Å²) >= 11 is 1.83. The van der Waals surface area contributed by atoms with Crippen molar-refractivity contribution in [1.29, 1.82) is 0 Å². The van der Waals surface area contributed by atoms with E-state index in [0.29, 0.717) is 0 Å². The summed E-state index contributed by atoms with van der Waals surface area (Å²) in [7, 11) is 0. The van der Waals surface area contributed by atoms with Gasteiger partial charge in [-0.05, 0) is 25.3 Å². The van der Waals surface area contributed by atoms with Crippen LogP contribution in [0.4, 0.5) is 0 Å². The molecule has 0 aliphatic heterocycles. The van der Waals surface area contributed by atoms with Crippen LogP contribution in [0.15, 0.2) is 0 Å². The molecule has 0 radical (unpaired) electrons. The second-order valence-electron chi connectivity index (χ2n) is 3.26. The third kappa shape index (κ3) is 4.04. The van der Waals surface area contributed by atoms with E-state index in [2.05, 4.69) is 11.2 Å². The van der Waals surface area contributed by atoms with Gasteiger partial charge >= 0.3 is 0 Å². The fraction of sp³-hybridized carbons (Fsp3) is 0.800. The van der Waals surface area contributed by atoms with Crippen molar-refractivity contribution >= 4 is 11.8 Å². The van der Waals surface area contributed by atoms with E-state index in [4.69, 9.17) is 6.42 Å². The number of rotatable bonds is 6. The highest BCUT2D eigenvalue weighted by atomic mass is 32.2. The zero-order valence-corrected chi connectivity index (χ0v) is 8.33. The summed E-state index contributed by atoms with van der Waals surface area (Å²) in [5.41, 5.74) is 0. The van der Waals surface area contributed by atoms with Crippen LogP contribution in [0, 0.1) is 18.3 Å². The Labute approximate surface area is 79.7 Å². The minimum Gasteiger partial charge on any atom is -0.316 e. The molecule has 0 aromatic carbocycles. The van der Waals surface area contributed by atoms with Crippen LogP contribution in [0.2, 0.25) is 0 Å². The van der Waals surface area contributed by atoms with Crippen molar-refractivity contribution in [3.8, 4) is 12.3 Å². The predicted octanol–water partition coefficient (Wildman–Crippen LogP) is 1.74. The van der Waals surface area contributed by atoms with Crippen LogP contribution in [0.5, 0.6) is 0 Å². The first kappa shape index (κ1) is 9.95. The Morgan fingerprint density at radius 2 is 2.33 bits per heavy atom. The van der Waals surface area contributed by atoms with Gasteiger partial charge in [0.2, 0.25) is 0 Å². The smallest absolute Gasteiger partial charge is 0.0545 e. The normalized spacial score (nSPS) is 16.9. The van der Waals surface area contributed by atoms with Crippen LogP contribution >= 0.6 is 11.8 Å². The van der Waals surface area contributed by atoms with Gasteiger partial charge in [-0.3, -0.25) is 0 Å². The number of hydrogen-bond acceptors (Lipinski definition) is 2. The van der Waals surface area contributed by atoms with E-state index < -0.39 is 0 Å². The molecular weight excluding hydrogens is 166 g/mol. The topological polar surface area (TPSA) is 12.0 Å². The van der Waals surface area contributed by atoms with Crippen molar-refractivity contribution in [1.82, 2.24) is 5.32 Å². The molecule has 0 unspecified atom stereocenters. The highest BCUT2D eigenvalue weighted by Crippen LogP contribution is 2.24. The van der Waals surface area contributed by atoms with E-state index in [1.807, 2.05) is 11.8 Å². The predicted molar refractivity (Wildman–Crippen MR) is 56.4 cm³/mol. The average Bonchev–Trinajstić information content (AvgIpc) is 2.00. The first-order valence-corrected chi connectivity index (χ1v) is 5.81. The molecule has 1 saturated carbocycles. The van der Waals surface area contributed by atoms with Gasteiger partial charge in [0.25, 0.3) is 0 Å². The van der Waals surface area contributed by atoms with Crippen molar-refractivity contribution in [2.75, 3.05) is 24.6 Å². The molecule has 0 bridgehead atoms. The standard InChI is InChI=1S/C10H17NS/c1-2-7-12-8-6-11-9-10-4-3-5-10/h1,10-11H,3-9H2. The maximum atomic E-state index is 5.13. The van der Waals surface area contributed by atoms with Crippen molar-refractivity contribution in [3.05, 3.63) is 0 Å². The summed E-state index contributed by atoms with van der Waals surface area (Å²) in [6.45, 7) is 2.33. The number of nitrogens with one attached hydrogen (secondary N) is 1. The van der Waals surface area contributed by atoms with Crippen LogP contribution < -0.4 is 5.32 Å². The molecule has 12 heavy (non-hydrogen) atoms. The van der Waals surface area contributed by atoms with Crippen LogP contribution in [0.25, 0.3) is 0 Å². The molecule has 0 saturated heterocycles. The third-order valence-corrected chi connectivity index (χ3v) is 3.13. The van der Waals surface area contributed by atoms with E-state index in [1.165, 1.54) is 25.8 Å².